The van der Waals surface area contributed by atoms with E-state index in [0.29, 0.717) is 10.6 Å². The van der Waals surface area contributed by atoms with Crippen molar-refractivity contribution in [2.75, 3.05) is 7.11 Å². The van der Waals surface area contributed by atoms with Gasteiger partial charge in [0.05, 0.1) is 17.7 Å². The van der Waals surface area contributed by atoms with Gasteiger partial charge in [-0.1, -0.05) is 12.2 Å². The Morgan fingerprint density at radius 2 is 2.06 bits per heavy atom. The third-order valence-corrected chi connectivity index (χ3v) is 2.78. The van der Waals surface area contributed by atoms with Gasteiger partial charge in [-0.2, -0.15) is 0 Å². The van der Waals surface area contributed by atoms with Crippen molar-refractivity contribution in [3.8, 4) is 0 Å². The largest absolute Gasteiger partial charge is 0.468 e. The second-order valence-electron chi connectivity index (χ2n) is 4.18. The Bertz CT molecular complexity index is 754. The number of nitrogens with one attached hydrogen (secondary N) is 2. The molecule has 0 aliphatic heterocycles. The van der Waals surface area contributed by atoms with E-state index in [1.807, 2.05) is 0 Å². The lowest BCUT2D eigenvalue weighted by Crippen LogP contribution is -2.49. The van der Waals surface area contributed by atoms with Crippen LogP contribution in [-0.4, -0.2) is 23.0 Å². The molecule has 1 aliphatic rings. The Kier molecular flexibility index (Phi) is 2.78. The molecular formula is C12H12N2O4. The quantitative estimate of drug-likeness (QED) is 0.584. The number of hydrogen-bond donors (Lipinski definition) is 2. The minimum absolute atomic E-state index is 0.304. The first-order valence-electron chi connectivity index (χ1n) is 5.30. The maximum Gasteiger partial charge on any atom is 0.326 e. The minimum Gasteiger partial charge on any atom is -0.468 e. The number of allylic oxidation sites excluding steroid dienone is 1. The van der Waals surface area contributed by atoms with E-state index in [2.05, 4.69) is 9.97 Å². The summed E-state index contributed by atoms with van der Waals surface area (Å²) < 4.78 is 4.71. The smallest absolute Gasteiger partial charge is 0.326 e. The Balaban J connectivity index is 2.84. The summed E-state index contributed by atoms with van der Waals surface area (Å²) in [5, 5.41) is 0.611. The Hall–Kier alpha value is -2.37. The number of carbonyl (C=O) groups excluding carboxylic acids is 1. The summed E-state index contributed by atoms with van der Waals surface area (Å²) in [6.07, 6.45) is 6.24. The van der Waals surface area contributed by atoms with Crippen molar-refractivity contribution < 1.29 is 9.53 Å². The first-order chi connectivity index (χ1) is 8.46. The van der Waals surface area contributed by atoms with E-state index >= 15 is 0 Å². The number of fused-ring (bicyclic) bond motifs is 1. The normalized spacial score (nSPS) is 21.2. The van der Waals surface area contributed by atoms with Crippen LogP contribution in [0.1, 0.15) is 6.92 Å². The molecule has 1 unspecified atom stereocenters. The number of esters is 1. The zero-order valence-corrected chi connectivity index (χ0v) is 9.94. The number of rotatable bonds is 1. The second kappa shape index (κ2) is 4.14. The first-order valence-corrected chi connectivity index (χ1v) is 5.30. The third-order valence-electron chi connectivity index (χ3n) is 2.78. The molecule has 6 nitrogen and oxygen atoms in total. The van der Waals surface area contributed by atoms with E-state index in [0.717, 1.165) is 0 Å². The summed E-state index contributed by atoms with van der Waals surface area (Å²) in [4.78, 5) is 39.2. The molecule has 2 N–H and O–H groups in total. The van der Waals surface area contributed by atoms with E-state index < -0.39 is 22.6 Å². The van der Waals surface area contributed by atoms with Crippen LogP contribution in [0.4, 0.5) is 0 Å². The number of methoxy groups -OCH3 is 1. The Labute approximate surface area is 101 Å². The number of H-pyrrole nitrogens is 2. The molecule has 0 bridgehead atoms. The van der Waals surface area contributed by atoms with Crippen molar-refractivity contribution in [2.45, 2.75) is 6.92 Å². The van der Waals surface area contributed by atoms with Crippen LogP contribution in [0.25, 0.3) is 12.2 Å². The predicted octanol–water partition coefficient (Wildman–Crippen LogP) is -1.63. The average molecular weight is 248 g/mol. The van der Waals surface area contributed by atoms with Crippen LogP contribution < -0.4 is 21.8 Å². The van der Waals surface area contributed by atoms with Gasteiger partial charge in [-0.05, 0) is 19.1 Å². The number of aromatic nitrogens is 2. The van der Waals surface area contributed by atoms with Crippen LogP contribution in [0.3, 0.4) is 0 Å². The van der Waals surface area contributed by atoms with E-state index in [1.165, 1.54) is 19.3 Å². The lowest BCUT2D eigenvalue weighted by molar-refractivity contribution is -0.145. The maximum atomic E-state index is 11.7. The van der Waals surface area contributed by atoms with Gasteiger partial charge in [0.25, 0.3) is 5.56 Å². The van der Waals surface area contributed by atoms with E-state index in [-0.39, 0.29) is 0 Å². The number of aromatic amines is 2. The fourth-order valence-corrected chi connectivity index (χ4v) is 1.83. The van der Waals surface area contributed by atoms with Gasteiger partial charge < -0.3 is 9.72 Å². The molecule has 2 rings (SSSR count). The van der Waals surface area contributed by atoms with Crippen LogP contribution in [0.2, 0.25) is 0 Å². The highest BCUT2D eigenvalue weighted by Gasteiger charge is 2.29. The Morgan fingerprint density at radius 3 is 2.72 bits per heavy atom. The summed E-state index contributed by atoms with van der Waals surface area (Å²) in [6, 6.07) is 0. The maximum absolute atomic E-state index is 11.7. The topological polar surface area (TPSA) is 92.0 Å². The van der Waals surface area contributed by atoms with Crippen molar-refractivity contribution in [1.29, 1.82) is 0 Å². The molecule has 0 saturated carbocycles. The molecule has 1 aliphatic carbocycles. The third kappa shape index (κ3) is 1.92. The highest BCUT2D eigenvalue weighted by Crippen LogP contribution is 2.22. The summed E-state index contributed by atoms with van der Waals surface area (Å²) in [5.74, 6) is -0.471. The van der Waals surface area contributed by atoms with Gasteiger partial charge in [0, 0.05) is 0 Å². The molecule has 0 amide bonds. The highest BCUT2D eigenvalue weighted by molar-refractivity contribution is 5.86. The molecule has 6 heteroatoms. The Morgan fingerprint density at radius 1 is 1.33 bits per heavy atom. The van der Waals surface area contributed by atoms with Crippen LogP contribution in [0.5, 0.6) is 0 Å². The van der Waals surface area contributed by atoms with Crippen molar-refractivity contribution in [1.82, 2.24) is 9.97 Å². The molecule has 1 aromatic rings. The number of hydrogen-bond acceptors (Lipinski definition) is 4. The predicted molar refractivity (Wildman–Crippen MR) is 65.1 cm³/mol. The molecule has 1 atom stereocenters. The summed E-state index contributed by atoms with van der Waals surface area (Å²) in [7, 11) is 1.28. The van der Waals surface area contributed by atoms with Crippen LogP contribution in [-0.2, 0) is 9.53 Å². The van der Waals surface area contributed by atoms with E-state index in [9.17, 15) is 14.4 Å². The number of ether oxygens (including phenoxy) is 1. The van der Waals surface area contributed by atoms with Gasteiger partial charge in [0.15, 0.2) is 0 Å². The molecule has 18 heavy (non-hydrogen) atoms. The second-order valence-corrected chi connectivity index (χ2v) is 4.18. The molecular weight excluding hydrogens is 236 g/mol. The fourth-order valence-electron chi connectivity index (χ4n) is 1.83. The first kappa shape index (κ1) is 12.1. The van der Waals surface area contributed by atoms with Gasteiger partial charge in [-0.25, -0.2) is 4.79 Å². The van der Waals surface area contributed by atoms with Gasteiger partial charge >= 0.3 is 11.7 Å². The lowest BCUT2D eigenvalue weighted by atomic mass is 9.90. The fraction of sp³-hybridized carbons (Fsp3) is 0.250. The minimum atomic E-state index is -1.02. The molecule has 0 spiro atoms. The average Bonchev–Trinajstić information content (AvgIpc) is 2.47. The molecule has 1 aromatic heterocycles. The van der Waals surface area contributed by atoms with Crippen molar-refractivity contribution >= 4 is 18.1 Å². The van der Waals surface area contributed by atoms with Gasteiger partial charge in [-0.15, -0.1) is 0 Å². The van der Waals surface area contributed by atoms with Crippen molar-refractivity contribution in [3.05, 3.63) is 43.6 Å². The van der Waals surface area contributed by atoms with Gasteiger partial charge in [-0.3, -0.25) is 14.6 Å². The molecule has 0 aromatic carbocycles. The highest BCUT2D eigenvalue weighted by atomic mass is 16.5. The van der Waals surface area contributed by atoms with E-state index in [4.69, 9.17) is 4.74 Å². The molecule has 94 valence electrons. The molecule has 0 fully saturated rings. The van der Waals surface area contributed by atoms with Crippen molar-refractivity contribution in [2.24, 2.45) is 5.41 Å². The molecule has 0 saturated heterocycles. The molecule has 1 heterocycles. The SMILES string of the molecule is COC(=O)C1(C)C=CC=c2c(=O)[nH]c(=O)[nH]c2=C1. The monoisotopic (exact) mass is 248 g/mol. The number of carbonyl (C=O) groups is 1. The van der Waals surface area contributed by atoms with Gasteiger partial charge in [0.2, 0.25) is 0 Å². The van der Waals surface area contributed by atoms with Crippen LogP contribution in [0.15, 0.2) is 21.7 Å². The zero-order chi connectivity index (χ0) is 13.3. The van der Waals surface area contributed by atoms with Crippen LogP contribution >= 0.6 is 0 Å². The van der Waals surface area contributed by atoms with Crippen molar-refractivity contribution in [3.63, 3.8) is 0 Å². The summed E-state index contributed by atoms with van der Waals surface area (Å²) in [6.45, 7) is 1.64. The van der Waals surface area contributed by atoms with Crippen LogP contribution in [0, 0.1) is 5.41 Å². The summed E-state index contributed by atoms with van der Waals surface area (Å²) >= 11 is 0. The van der Waals surface area contributed by atoms with E-state index in [1.54, 1.807) is 19.1 Å². The standard InChI is InChI=1S/C12H12N2O4/c1-12(10(16)18-2)5-3-4-7-8(6-12)13-11(17)14-9(7)15/h3-6H,1-2H3,(H2,13,14,15,17). The zero-order valence-electron chi connectivity index (χ0n) is 9.94. The molecule has 0 radical (unpaired) electrons. The summed E-state index contributed by atoms with van der Waals surface area (Å²) in [5.41, 5.74) is -2.13. The lowest BCUT2D eigenvalue weighted by Gasteiger charge is -2.17. The van der Waals surface area contributed by atoms with Gasteiger partial charge in [0.1, 0.15) is 5.41 Å².